The van der Waals surface area contributed by atoms with Crippen molar-refractivity contribution in [2.45, 2.75) is 26.7 Å². The van der Waals surface area contributed by atoms with E-state index in [9.17, 15) is 13.7 Å². The Kier molecular flexibility index (Phi) is 10.1. The van der Waals surface area contributed by atoms with Crippen molar-refractivity contribution in [1.82, 2.24) is 9.88 Å². The third-order valence-corrected chi connectivity index (χ3v) is 8.36. The SMILES string of the molecule is Cc1c(COc2cc(OCc3cncc(C#N)c3)c(CN(C)CCS(N)(=O)=O)cc2Cl)cccc1-c1ccc2c(c1)OCCO2. The molecule has 45 heavy (non-hydrogen) atoms. The van der Waals surface area contributed by atoms with E-state index in [0.29, 0.717) is 47.4 Å². The summed E-state index contributed by atoms with van der Waals surface area (Å²) in [7, 11) is -1.83. The number of aromatic nitrogens is 1. The summed E-state index contributed by atoms with van der Waals surface area (Å²) in [5.41, 5.74) is 5.96. The lowest BCUT2D eigenvalue weighted by Crippen LogP contribution is -2.28. The number of fused-ring (bicyclic) bond motifs is 1. The van der Waals surface area contributed by atoms with Crippen LogP contribution in [0.25, 0.3) is 11.1 Å². The highest BCUT2D eigenvalue weighted by molar-refractivity contribution is 7.89. The number of benzene rings is 3. The molecule has 1 aliphatic heterocycles. The molecule has 0 unspecified atom stereocenters. The number of primary sulfonamides is 1. The van der Waals surface area contributed by atoms with E-state index in [0.717, 1.165) is 39.3 Å². The van der Waals surface area contributed by atoms with Crippen LogP contribution in [0.5, 0.6) is 23.0 Å². The van der Waals surface area contributed by atoms with Gasteiger partial charge in [0.25, 0.3) is 0 Å². The number of hydrogen-bond donors (Lipinski definition) is 1. The van der Waals surface area contributed by atoms with Gasteiger partial charge in [0.2, 0.25) is 10.0 Å². The van der Waals surface area contributed by atoms with Gasteiger partial charge in [0.1, 0.15) is 44.0 Å². The molecule has 1 aromatic heterocycles. The second-order valence-electron chi connectivity index (χ2n) is 10.7. The largest absolute Gasteiger partial charge is 0.488 e. The fourth-order valence-electron chi connectivity index (χ4n) is 4.91. The Hall–Kier alpha value is -4.34. The molecule has 0 radical (unpaired) electrons. The van der Waals surface area contributed by atoms with Gasteiger partial charge in [-0.15, -0.1) is 0 Å². The average Bonchev–Trinajstić information content (AvgIpc) is 3.03. The number of nitriles is 1. The molecule has 0 saturated heterocycles. The first-order chi connectivity index (χ1) is 21.6. The van der Waals surface area contributed by atoms with Crippen LogP contribution < -0.4 is 24.1 Å². The van der Waals surface area contributed by atoms with E-state index in [1.807, 2.05) is 42.2 Å². The van der Waals surface area contributed by atoms with Crippen molar-refractivity contribution in [1.29, 1.82) is 5.26 Å². The third kappa shape index (κ3) is 8.44. The number of rotatable bonds is 12. The summed E-state index contributed by atoms with van der Waals surface area (Å²) in [6.07, 6.45) is 3.11. The third-order valence-electron chi connectivity index (χ3n) is 7.31. The Morgan fingerprint density at radius 3 is 2.56 bits per heavy atom. The molecule has 0 bridgehead atoms. The molecule has 3 aromatic carbocycles. The molecule has 0 fully saturated rings. The molecular weight excluding hydrogens is 616 g/mol. The average molecular weight is 649 g/mol. The predicted molar refractivity (Wildman–Crippen MR) is 171 cm³/mol. The van der Waals surface area contributed by atoms with Crippen LogP contribution >= 0.6 is 11.6 Å². The van der Waals surface area contributed by atoms with Crippen molar-refractivity contribution in [3.05, 3.63) is 99.8 Å². The molecule has 5 rings (SSSR count). The molecule has 0 atom stereocenters. The lowest BCUT2D eigenvalue weighted by Gasteiger charge is -2.21. The maximum atomic E-state index is 11.5. The van der Waals surface area contributed by atoms with E-state index in [4.69, 9.17) is 35.7 Å². The van der Waals surface area contributed by atoms with E-state index >= 15 is 0 Å². The molecule has 2 heterocycles. The zero-order valence-electron chi connectivity index (χ0n) is 25.0. The topological polar surface area (TPSA) is 137 Å². The Balaban J connectivity index is 1.37. The second kappa shape index (κ2) is 14.2. The van der Waals surface area contributed by atoms with Gasteiger partial charge in [-0.25, -0.2) is 13.6 Å². The molecule has 234 valence electrons. The maximum absolute atomic E-state index is 11.5. The molecular formula is C33H33ClN4O6S. The Morgan fingerprint density at radius 1 is 1.00 bits per heavy atom. The van der Waals surface area contributed by atoms with Crippen molar-refractivity contribution in [3.8, 4) is 40.2 Å². The summed E-state index contributed by atoms with van der Waals surface area (Å²) < 4.78 is 46.8. The number of sulfonamides is 1. The first kappa shape index (κ1) is 32.1. The quantitative estimate of drug-likeness (QED) is 0.219. The van der Waals surface area contributed by atoms with Crippen LogP contribution in [0.1, 0.15) is 27.8 Å². The highest BCUT2D eigenvalue weighted by Gasteiger charge is 2.17. The zero-order valence-corrected chi connectivity index (χ0v) is 26.5. The van der Waals surface area contributed by atoms with Crippen molar-refractivity contribution < 1.29 is 27.4 Å². The second-order valence-corrected chi connectivity index (χ2v) is 12.9. The van der Waals surface area contributed by atoms with Gasteiger partial charge in [-0.05, 0) is 60.5 Å². The summed E-state index contributed by atoms with van der Waals surface area (Å²) in [4.78, 5) is 5.91. The van der Waals surface area contributed by atoms with Crippen molar-refractivity contribution >= 4 is 21.6 Å². The maximum Gasteiger partial charge on any atom is 0.210 e. The molecule has 1 aliphatic rings. The summed E-state index contributed by atoms with van der Waals surface area (Å²) in [6.45, 7) is 4.07. The van der Waals surface area contributed by atoms with Gasteiger partial charge in [-0.3, -0.25) is 4.98 Å². The number of pyridine rings is 1. The molecule has 12 heteroatoms. The summed E-state index contributed by atoms with van der Waals surface area (Å²) in [6, 6.07) is 19.2. The van der Waals surface area contributed by atoms with Crippen molar-refractivity contribution in [2.24, 2.45) is 5.14 Å². The summed E-state index contributed by atoms with van der Waals surface area (Å²) in [5, 5.41) is 14.8. The van der Waals surface area contributed by atoms with Gasteiger partial charge >= 0.3 is 0 Å². The first-order valence-corrected chi connectivity index (χ1v) is 16.3. The zero-order chi connectivity index (χ0) is 32.0. The van der Waals surface area contributed by atoms with Gasteiger partial charge in [0.05, 0.1) is 16.3 Å². The van der Waals surface area contributed by atoms with Crippen LogP contribution in [0, 0.1) is 18.3 Å². The number of nitrogens with zero attached hydrogens (tertiary/aromatic N) is 3. The molecule has 10 nitrogen and oxygen atoms in total. The standard InChI is InChI=1S/C33H33ClN4O6S/c1-22-26(4-3-5-28(22)25-6-7-30-33(14-25)42-10-9-41-30)21-44-32-15-31(43-20-24-12-23(16-35)17-37-18-24)27(13-29(32)34)19-38(2)8-11-45(36,39)40/h3-7,12-15,17-18H,8-11,19-21H2,1-2H3,(H2,36,39,40). The van der Waals surface area contributed by atoms with Crippen LogP contribution in [0.3, 0.4) is 0 Å². The minimum absolute atomic E-state index is 0.147. The number of hydrogen-bond acceptors (Lipinski definition) is 9. The van der Waals surface area contributed by atoms with E-state index in [1.54, 1.807) is 31.4 Å². The molecule has 0 spiro atoms. The van der Waals surface area contributed by atoms with Crippen LogP contribution in [-0.4, -0.2) is 50.9 Å². The van der Waals surface area contributed by atoms with E-state index in [-0.39, 0.29) is 25.5 Å². The van der Waals surface area contributed by atoms with E-state index in [1.165, 1.54) is 6.20 Å². The Bertz CT molecular complexity index is 1840. The Morgan fingerprint density at radius 2 is 1.78 bits per heavy atom. The smallest absolute Gasteiger partial charge is 0.210 e. The lowest BCUT2D eigenvalue weighted by molar-refractivity contribution is 0.171. The van der Waals surface area contributed by atoms with Crippen molar-refractivity contribution in [3.63, 3.8) is 0 Å². The van der Waals surface area contributed by atoms with Crippen LogP contribution in [0.4, 0.5) is 0 Å². The van der Waals surface area contributed by atoms with Crippen molar-refractivity contribution in [2.75, 3.05) is 32.6 Å². The van der Waals surface area contributed by atoms with Gasteiger partial charge in [-0.2, -0.15) is 5.26 Å². The summed E-state index contributed by atoms with van der Waals surface area (Å²) >= 11 is 6.71. The molecule has 0 saturated carbocycles. The highest BCUT2D eigenvalue weighted by atomic mass is 35.5. The fourth-order valence-corrected chi connectivity index (χ4v) is 5.71. The lowest BCUT2D eigenvalue weighted by atomic mass is 9.96. The molecule has 0 aliphatic carbocycles. The van der Waals surface area contributed by atoms with Crippen LogP contribution in [-0.2, 0) is 29.8 Å². The van der Waals surface area contributed by atoms with E-state index in [2.05, 4.69) is 17.1 Å². The van der Waals surface area contributed by atoms with E-state index < -0.39 is 10.0 Å². The first-order valence-electron chi connectivity index (χ1n) is 14.2. The van der Waals surface area contributed by atoms with Gasteiger partial charge in [0.15, 0.2) is 11.5 Å². The minimum Gasteiger partial charge on any atom is -0.488 e. The van der Waals surface area contributed by atoms with Gasteiger partial charge < -0.3 is 23.8 Å². The monoisotopic (exact) mass is 648 g/mol. The predicted octanol–water partition coefficient (Wildman–Crippen LogP) is 5.23. The molecule has 4 aromatic rings. The van der Waals surface area contributed by atoms with Crippen LogP contribution in [0.15, 0.2) is 67.0 Å². The highest BCUT2D eigenvalue weighted by Crippen LogP contribution is 2.37. The summed E-state index contributed by atoms with van der Waals surface area (Å²) in [5.74, 6) is 2.20. The Labute approximate surface area is 267 Å². The minimum atomic E-state index is -3.62. The van der Waals surface area contributed by atoms with Crippen LogP contribution in [0.2, 0.25) is 5.02 Å². The normalized spacial score (nSPS) is 12.5. The molecule has 2 N–H and O–H groups in total. The molecule has 0 amide bonds. The van der Waals surface area contributed by atoms with Gasteiger partial charge in [-0.1, -0.05) is 35.9 Å². The number of halogens is 1. The number of nitrogens with two attached hydrogens (primary N) is 1. The van der Waals surface area contributed by atoms with Gasteiger partial charge in [0, 0.05) is 42.7 Å². The number of ether oxygens (including phenoxy) is 4. The fraction of sp³-hybridized carbons (Fsp3) is 0.273.